The van der Waals surface area contributed by atoms with Gasteiger partial charge in [-0.05, 0) is 44.0 Å². The summed E-state index contributed by atoms with van der Waals surface area (Å²) in [6, 6.07) is 4.40. The van der Waals surface area contributed by atoms with Crippen LogP contribution in [0.1, 0.15) is 24.4 Å². The van der Waals surface area contributed by atoms with Gasteiger partial charge in [0.05, 0.1) is 6.54 Å². The second-order valence-electron chi connectivity index (χ2n) is 5.15. The molecule has 0 saturated carbocycles. The van der Waals surface area contributed by atoms with Crippen LogP contribution in [0.15, 0.2) is 16.5 Å². The van der Waals surface area contributed by atoms with E-state index in [9.17, 15) is 0 Å². The average Bonchev–Trinajstić information content (AvgIpc) is 2.86. The Labute approximate surface area is 102 Å². The van der Waals surface area contributed by atoms with Crippen molar-refractivity contribution in [2.45, 2.75) is 32.0 Å². The summed E-state index contributed by atoms with van der Waals surface area (Å²) >= 11 is 0. The van der Waals surface area contributed by atoms with Crippen molar-refractivity contribution in [2.75, 3.05) is 19.6 Å². The molecule has 4 heteroatoms. The maximum Gasteiger partial charge on any atom is 0.129 e. The zero-order valence-corrected chi connectivity index (χ0v) is 10.1. The van der Waals surface area contributed by atoms with Crippen molar-refractivity contribution >= 4 is 0 Å². The Hall–Kier alpha value is -0.840. The fraction of sp³-hybridized carbons (Fsp3) is 0.692. The summed E-state index contributed by atoms with van der Waals surface area (Å²) in [5.41, 5.74) is 0. The molecule has 2 N–H and O–H groups in total. The van der Waals surface area contributed by atoms with E-state index in [1.54, 1.807) is 0 Å². The summed E-state index contributed by atoms with van der Waals surface area (Å²) in [6.07, 6.45) is 2.66. The van der Waals surface area contributed by atoms with Crippen LogP contribution >= 0.6 is 0 Å². The summed E-state index contributed by atoms with van der Waals surface area (Å²) in [5.74, 6) is 2.41. The molecular formula is C13H20N2O2. The van der Waals surface area contributed by atoms with Gasteiger partial charge in [-0.2, -0.15) is 0 Å². The summed E-state index contributed by atoms with van der Waals surface area (Å²) in [7, 11) is 0. The number of fused-ring (bicyclic) bond motifs is 3. The van der Waals surface area contributed by atoms with E-state index < -0.39 is 0 Å². The van der Waals surface area contributed by atoms with E-state index in [1.807, 2.05) is 12.1 Å². The fourth-order valence-corrected chi connectivity index (χ4v) is 3.03. The van der Waals surface area contributed by atoms with Gasteiger partial charge in [-0.25, -0.2) is 0 Å². The molecule has 3 saturated heterocycles. The quantitative estimate of drug-likeness (QED) is 0.817. The predicted octanol–water partition coefficient (Wildman–Crippen LogP) is 0.956. The summed E-state index contributed by atoms with van der Waals surface area (Å²) < 4.78 is 5.48. The van der Waals surface area contributed by atoms with Crippen molar-refractivity contribution in [3.63, 3.8) is 0 Å². The molecule has 2 bridgehead atoms. The Balaban J connectivity index is 1.54. The Morgan fingerprint density at radius 3 is 2.65 bits per heavy atom. The molecule has 0 aliphatic carbocycles. The highest BCUT2D eigenvalue weighted by molar-refractivity contribution is 5.06. The molecule has 1 aromatic heterocycles. The van der Waals surface area contributed by atoms with Crippen LogP contribution in [0.4, 0.5) is 0 Å². The normalized spacial score (nSPS) is 31.9. The van der Waals surface area contributed by atoms with Crippen molar-refractivity contribution in [1.29, 1.82) is 0 Å². The van der Waals surface area contributed by atoms with E-state index in [0.717, 1.165) is 18.2 Å². The number of nitrogens with zero attached hydrogens (tertiary/aromatic N) is 1. The Kier molecular flexibility index (Phi) is 3.18. The summed E-state index contributed by atoms with van der Waals surface area (Å²) in [6.45, 7) is 4.49. The van der Waals surface area contributed by atoms with E-state index in [-0.39, 0.29) is 6.61 Å². The SMILES string of the molecule is OCc1ccc(CNC2CN3CCC2CC3)o1. The van der Waals surface area contributed by atoms with Crippen molar-refractivity contribution in [3.8, 4) is 0 Å². The second-order valence-corrected chi connectivity index (χ2v) is 5.15. The highest BCUT2D eigenvalue weighted by Crippen LogP contribution is 2.27. The maximum absolute atomic E-state index is 8.93. The lowest BCUT2D eigenvalue weighted by Gasteiger charge is -2.45. The van der Waals surface area contributed by atoms with Gasteiger partial charge in [-0.15, -0.1) is 0 Å². The number of piperidine rings is 3. The van der Waals surface area contributed by atoms with Crippen LogP contribution in [0, 0.1) is 5.92 Å². The number of aliphatic hydroxyl groups excluding tert-OH is 1. The Morgan fingerprint density at radius 1 is 1.29 bits per heavy atom. The summed E-state index contributed by atoms with van der Waals surface area (Å²) in [4.78, 5) is 2.54. The average molecular weight is 236 g/mol. The molecule has 17 heavy (non-hydrogen) atoms. The van der Waals surface area contributed by atoms with E-state index >= 15 is 0 Å². The van der Waals surface area contributed by atoms with Gasteiger partial charge in [0.25, 0.3) is 0 Å². The van der Waals surface area contributed by atoms with Crippen LogP contribution in [-0.4, -0.2) is 35.7 Å². The smallest absolute Gasteiger partial charge is 0.129 e. The number of rotatable bonds is 4. The van der Waals surface area contributed by atoms with Gasteiger partial charge in [0.2, 0.25) is 0 Å². The first-order valence-corrected chi connectivity index (χ1v) is 6.49. The maximum atomic E-state index is 8.93. The third-order valence-corrected chi connectivity index (χ3v) is 4.07. The van der Waals surface area contributed by atoms with Crippen molar-refractivity contribution in [2.24, 2.45) is 5.92 Å². The van der Waals surface area contributed by atoms with E-state index in [4.69, 9.17) is 9.52 Å². The van der Waals surface area contributed by atoms with Crippen molar-refractivity contribution in [3.05, 3.63) is 23.7 Å². The zero-order chi connectivity index (χ0) is 11.7. The topological polar surface area (TPSA) is 48.6 Å². The third-order valence-electron chi connectivity index (χ3n) is 4.07. The lowest BCUT2D eigenvalue weighted by molar-refractivity contribution is 0.0710. The van der Waals surface area contributed by atoms with Crippen molar-refractivity contribution in [1.82, 2.24) is 10.2 Å². The number of hydrogen-bond acceptors (Lipinski definition) is 4. The minimum Gasteiger partial charge on any atom is -0.462 e. The Morgan fingerprint density at radius 2 is 2.06 bits per heavy atom. The van der Waals surface area contributed by atoms with Gasteiger partial charge in [0.15, 0.2) is 0 Å². The minimum absolute atomic E-state index is 0.0141. The molecule has 0 aromatic carbocycles. The van der Waals surface area contributed by atoms with Crippen LogP contribution in [0.3, 0.4) is 0 Å². The van der Waals surface area contributed by atoms with Crippen molar-refractivity contribution < 1.29 is 9.52 Å². The number of hydrogen-bond donors (Lipinski definition) is 2. The number of aliphatic hydroxyl groups is 1. The zero-order valence-electron chi connectivity index (χ0n) is 10.1. The van der Waals surface area contributed by atoms with Gasteiger partial charge in [0.1, 0.15) is 18.1 Å². The number of furan rings is 1. The summed E-state index contributed by atoms with van der Waals surface area (Å²) in [5, 5.41) is 12.5. The van der Waals surface area contributed by atoms with Crippen LogP contribution < -0.4 is 5.32 Å². The van der Waals surface area contributed by atoms with E-state index in [0.29, 0.717) is 11.8 Å². The van der Waals surface area contributed by atoms with Gasteiger partial charge in [-0.3, -0.25) is 0 Å². The van der Waals surface area contributed by atoms with Crippen LogP contribution in [-0.2, 0) is 13.2 Å². The fourth-order valence-electron chi connectivity index (χ4n) is 3.03. The molecule has 0 radical (unpaired) electrons. The molecule has 4 nitrogen and oxygen atoms in total. The third kappa shape index (κ3) is 2.39. The van der Waals surface area contributed by atoms with E-state index in [2.05, 4.69) is 10.2 Å². The number of nitrogens with one attached hydrogen (secondary N) is 1. The molecule has 4 heterocycles. The monoisotopic (exact) mass is 236 g/mol. The molecule has 1 aromatic rings. The molecule has 94 valence electrons. The molecule has 1 unspecified atom stereocenters. The first kappa shape index (κ1) is 11.3. The van der Waals surface area contributed by atoms with E-state index in [1.165, 1.54) is 32.5 Å². The molecule has 3 aliphatic heterocycles. The minimum atomic E-state index is -0.0141. The largest absolute Gasteiger partial charge is 0.462 e. The Bertz CT molecular complexity index is 369. The molecular weight excluding hydrogens is 216 g/mol. The molecule has 0 spiro atoms. The van der Waals surface area contributed by atoms with Gasteiger partial charge >= 0.3 is 0 Å². The molecule has 3 aliphatic rings. The molecule has 3 fully saturated rings. The van der Waals surface area contributed by atoms with Crippen LogP contribution in [0.25, 0.3) is 0 Å². The first-order valence-electron chi connectivity index (χ1n) is 6.49. The molecule has 0 amide bonds. The lowest BCUT2D eigenvalue weighted by Crippen LogP contribution is -2.55. The lowest BCUT2D eigenvalue weighted by atomic mass is 9.84. The predicted molar refractivity (Wildman–Crippen MR) is 64.4 cm³/mol. The standard InChI is InChI=1S/C13H20N2O2/c16-9-12-2-1-11(17-12)7-14-13-8-15-5-3-10(13)4-6-15/h1-2,10,13-14,16H,3-9H2. The molecule has 4 rings (SSSR count). The van der Waals surface area contributed by atoms with Gasteiger partial charge < -0.3 is 19.7 Å². The van der Waals surface area contributed by atoms with Gasteiger partial charge in [0, 0.05) is 12.6 Å². The highest BCUT2D eigenvalue weighted by Gasteiger charge is 2.33. The van der Waals surface area contributed by atoms with Crippen LogP contribution in [0.5, 0.6) is 0 Å². The highest BCUT2D eigenvalue weighted by atomic mass is 16.4. The second kappa shape index (κ2) is 4.80. The van der Waals surface area contributed by atoms with Crippen LogP contribution in [0.2, 0.25) is 0 Å². The first-order chi connectivity index (χ1) is 8.35. The molecule has 1 atom stereocenters. The van der Waals surface area contributed by atoms with Gasteiger partial charge in [-0.1, -0.05) is 0 Å².